The van der Waals surface area contributed by atoms with Gasteiger partial charge in [-0.25, -0.2) is 19.6 Å². The van der Waals surface area contributed by atoms with Crippen molar-refractivity contribution in [2.24, 2.45) is 17.8 Å². The van der Waals surface area contributed by atoms with E-state index in [1.807, 2.05) is 57.8 Å². The molecule has 55 heavy (non-hydrogen) atoms. The van der Waals surface area contributed by atoms with Crippen LogP contribution in [0.2, 0.25) is 0 Å². The van der Waals surface area contributed by atoms with Crippen LogP contribution >= 0.6 is 0 Å². The number of H-pyrrole nitrogens is 2. The standard InChI is InChI=1S/C41H52N8O6/c1-9-31(48(6)38(50)34(22(2)3)46-40(52)54-7)36-42-20-29(44-36)26-14-10-24(11-15-26)25-12-16-27(17-13-25)30-21-43-37(45-30)33-19-28-18-32(28)49(33)39(51)35(23(4)5)47-41(53)55-8/h10-17,20-23,28,31-35H,9,18-19H2,1-8H3,(H,42,44)(H,43,45)(H,46,52)(H,47,53)/t28-,31+,32-,33+,34+,35+/m1/s1. The number of nitrogens with one attached hydrogen (secondary N) is 4. The minimum atomic E-state index is -0.730. The zero-order chi connectivity index (χ0) is 39.6. The molecule has 1 aliphatic heterocycles. The molecule has 0 radical (unpaired) electrons. The maximum absolute atomic E-state index is 13.8. The molecule has 2 aromatic heterocycles. The quantitative estimate of drug-likeness (QED) is 0.120. The predicted molar refractivity (Wildman–Crippen MR) is 207 cm³/mol. The van der Waals surface area contributed by atoms with Gasteiger partial charge in [-0.3, -0.25) is 9.59 Å². The summed E-state index contributed by atoms with van der Waals surface area (Å²) in [6, 6.07) is 14.7. The van der Waals surface area contributed by atoms with Crippen molar-refractivity contribution in [2.45, 2.75) is 84.1 Å². The number of carbonyl (C=O) groups excluding carboxylic acids is 4. The number of likely N-dealkylation sites (N-methyl/N-ethyl adjacent to an activating group) is 1. The molecule has 14 heteroatoms. The third-order valence-corrected chi connectivity index (χ3v) is 10.9. The van der Waals surface area contributed by atoms with Crippen molar-refractivity contribution in [3.05, 3.63) is 72.6 Å². The highest BCUT2D eigenvalue weighted by atomic mass is 16.5. The Kier molecular flexibility index (Phi) is 11.6. The van der Waals surface area contributed by atoms with Crippen molar-refractivity contribution in [3.63, 3.8) is 0 Å². The molecule has 0 spiro atoms. The number of aromatic amines is 2. The zero-order valence-corrected chi connectivity index (χ0v) is 32.8. The number of imidazole rings is 2. The molecule has 2 aliphatic rings. The Bertz CT molecular complexity index is 1990. The third kappa shape index (κ3) is 8.23. The lowest BCUT2D eigenvalue weighted by Gasteiger charge is -2.31. The Morgan fingerprint density at radius 2 is 1.29 bits per heavy atom. The lowest BCUT2D eigenvalue weighted by atomic mass is 10.0. The number of benzene rings is 2. The molecule has 4 amide bonds. The van der Waals surface area contributed by atoms with Crippen LogP contribution in [0.15, 0.2) is 60.9 Å². The number of nitrogens with zero attached hydrogens (tertiary/aromatic N) is 4. The molecular weight excluding hydrogens is 701 g/mol. The van der Waals surface area contributed by atoms with Crippen molar-refractivity contribution in [1.29, 1.82) is 0 Å². The predicted octanol–water partition coefficient (Wildman–Crippen LogP) is 6.47. The first-order valence-electron chi connectivity index (χ1n) is 18.9. The van der Waals surface area contributed by atoms with E-state index >= 15 is 0 Å². The number of aromatic nitrogens is 4. The molecule has 0 unspecified atom stereocenters. The van der Waals surface area contributed by atoms with E-state index in [4.69, 9.17) is 14.5 Å². The number of piperidine rings is 1. The van der Waals surface area contributed by atoms with Gasteiger partial charge in [-0.2, -0.15) is 0 Å². The maximum Gasteiger partial charge on any atom is 0.407 e. The fourth-order valence-electron chi connectivity index (χ4n) is 7.59. The highest BCUT2D eigenvalue weighted by molar-refractivity contribution is 5.87. The van der Waals surface area contributed by atoms with Crippen LogP contribution in [0.4, 0.5) is 9.59 Å². The van der Waals surface area contributed by atoms with Crippen LogP contribution < -0.4 is 10.6 Å². The number of fused-ring (bicyclic) bond motifs is 1. The molecule has 2 aromatic carbocycles. The van der Waals surface area contributed by atoms with E-state index in [0.717, 1.165) is 52.3 Å². The molecular formula is C41H52N8O6. The number of likely N-dealkylation sites (tertiary alicyclic amines) is 1. The topological polar surface area (TPSA) is 175 Å². The first-order chi connectivity index (χ1) is 26.3. The monoisotopic (exact) mass is 752 g/mol. The van der Waals surface area contributed by atoms with Gasteiger partial charge in [-0.15, -0.1) is 0 Å². The van der Waals surface area contributed by atoms with Crippen LogP contribution in [-0.2, 0) is 19.1 Å². The maximum atomic E-state index is 13.8. The second-order valence-electron chi connectivity index (χ2n) is 15.2. The van der Waals surface area contributed by atoms with Crippen molar-refractivity contribution < 1.29 is 28.7 Å². The van der Waals surface area contributed by atoms with Gasteiger partial charge in [0, 0.05) is 13.1 Å². The SMILES string of the molecule is CC[C@@H](c1ncc(-c2ccc(-c3ccc(-c4cnc([C@@H]5C[C@H]6C[C@H]6N5C(=O)[C@@H](NC(=O)OC)C(C)C)[nH]4)cc3)cc2)[nH]1)N(C)C(=O)[C@@H](NC(=O)OC)C(C)C. The molecule has 0 bridgehead atoms. The van der Waals surface area contributed by atoms with Crippen LogP contribution in [-0.4, -0.2) is 93.1 Å². The number of hydrogen-bond donors (Lipinski definition) is 4. The summed E-state index contributed by atoms with van der Waals surface area (Å²) in [5, 5.41) is 5.39. The van der Waals surface area contributed by atoms with Gasteiger partial charge in [0.25, 0.3) is 0 Å². The van der Waals surface area contributed by atoms with Crippen LogP contribution in [0, 0.1) is 17.8 Å². The fourth-order valence-corrected chi connectivity index (χ4v) is 7.59. The molecule has 6 atom stereocenters. The zero-order valence-electron chi connectivity index (χ0n) is 32.8. The molecule has 3 heterocycles. The van der Waals surface area contributed by atoms with E-state index in [1.165, 1.54) is 14.2 Å². The van der Waals surface area contributed by atoms with Gasteiger partial charge in [0.05, 0.1) is 50.1 Å². The van der Waals surface area contributed by atoms with E-state index in [1.54, 1.807) is 18.1 Å². The van der Waals surface area contributed by atoms with Crippen LogP contribution in [0.25, 0.3) is 33.6 Å². The molecule has 1 aliphatic carbocycles. The summed E-state index contributed by atoms with van der Waals surface area (Å²) in [7, 11) is 4.30. The highest BCUT2D eigenvalue weighted by Gasteiger charge is 2.56. The van der Waals surface area contributed by atoms with Gasteiger partial charge < -0.3 is 39.9 Å². The summed E-state index contributed by atoms with van der Waals surface area (Å²) in [5.74, 6) is 1.30. The molecule has 2 fully saturated rings. The second kappa shape index (κ2) is 16.4. The number of carbonyl (C=O) groups is 4. The summed E-state index contributed by atoms with van der Waals surface area (Å²) in [6.07, 6.45) is 4.77. The summed E-state index contributed by atoms with van der Waals surface area (Å²) in [6.45, 7) is 9.57. The van der Waals surface area contributed by atoms with Crippen LogP contribution in [0.3, 0.4) is 0 Å². The molecule has 4 aromatic rings. The first-order valence-corrected chi connectivity index (χ1v) is 18.9. The molecule has 1 saturated carbocycles. The Morgan fingerprint density at radius 3 is 1.82 bits per heavy atom. The summed E-state index contributed by atoms with van der Waals surface area (Å²) in [4.78, 5) is 70.9. The van der Waals surface area contributed by atoms with Crippen LogP contribution in [0.1, 0.15) is 77.6 Å². The molecule has 6 rings (SSSR count). The van der Waals surface area contributed by atoms with E-state index in [9.17, 15) is 19.2 Å². The van der Waals surface area contributed by atoms with Crippen molar-refractivity contribution in [2.75, 3.05) is 21.3 Å². The molecule has 4 N–H and O–H groups in total. The average Bonchev–Trinajstić information content (AvgIpc) is 3.53. The van der Waals surface area contributed by atoms with E-state index in [-0.39, 0.29) is 41.8 Å². The van der Waals surface area contributed by atoms with E-state index < -0.39 is 24.3 Å². The summed E-state index contributed by atoms with van der Waals surface area (Å²) in [5.41, 5.74) is 5.74. The molecule has 14 nitrogen and oxygen atoms in total. The highest BCUT2D eigenvalue weighted by Crippen LogP contribution is 2.53. The fraction of sp³-hybridized carbons (Fsp3) is 0.463. The van der Waals surface area contributed by atoms with Crippen molar-refractivity contribution >= 4 is 24.0 Å². The number of methoxy groups -OCH3 is 2. The van der Waals surface area contributed by atoms with Gasteiger partial charge in [-0.05, 0) is 59.3 Å². The van der Waals surface area contributed by atoms with Gasteiger partial charge in [0.2, 0.25) is 11.8 Å². The Hall–Kier alpha value is -5.66. The Morgan fingerprint density at radius 1 is 0.782 bits per heavy atom. The normalized spacial score (nSPS) is 19.0. The second-order valence-corrected chi connectivity index (χ2v) is 15.2. The smallest absolute Gasteiger partial charge is 0.407 e. The Balaban J connectivity index is 1.12. The van der Waals surface area contributed by atoms with E-state index in [2.05, 4.69) is 62.0 Å². The first kappa shape index (κ1) is 39.0. The average molecular weight is 753 g/mol. The minimum Gasteiger partial charge on any atom is -0.453 e. The number of rotatable bonds is 13. The number of alkyl carbamates (subject to hydrolysis) is 2. The van der Waals surface area contributed by atoms with Gasteiger partial charge in [0.1, 0.15) is 23.7 Å². The third-order valence-electron chi connectivity index (χ3n) is 10.9. The lowest BCUT2D eigenvalue weighted by Crippen LogP contribution is -2.52. The van der Waals surface area contributed by atoms with E-state index in [0.29, 0.717) is 18.2 Å². The lowest BCUT2D eigenvalue weighted by molar-refractivity contribution is -0.137. The van der Waals surface area contributed by atoms with Gasteiger partial charge >= 0.3 is 12.2 Å². The number of ether oxygens (including phenoxy) is 2. The van der Waals surface area contributed by atoms with Gasteiger partial charge in [0.15, 0.2) is 0 Å². The van der Waals surface area contributed by atoms with Crippen molar-refractivity contribution in [1.82, 2.24) is 40.4 Å². The van der Waals surface area contributed by atoms with Crippen LogP contribution in [0.5, 0.6) is 0 Å². The number of amides is 4. The van der Waals surface area contributed by atoms with Gasteiger partial charge in [-0.1, -0.05) is 83.1 Å². The molecule has 1 saturated heterocycles. The van der Waals surface area contributed by atoms with Crippen molar-refractivity contribution in [3.8, 4) is 33.6 Å². The summed E-state index contributed by atoms with van der Waals surface area (Å²) >= 11 is 0. The number of hydrogen-bond acceptors (Lipinski definition) is 8. The summed E-state index contributed by atoms with van der Waals surface area (Å²) < 4.78 is 9.52. The Labute approximate surface area is 321 Å². The minimum absolute atomic E-state index is 0.0995. The largest absolute Gasteiger partial charge is 0.453 e. The molecule has 292 valence electrons.